The van der Waals surface area contributed by atoms with Gasteiger partial charge in [-0.25, -0.2) is 29.0 Å². The minimum absolute atomic E-state index is 0.0355. The monoisotopic (exact) mass is 878 g/mol. The van der Waals surface area contributed by atoms with Crippen LogP contribution in [0.5, 0.6) is 0 Å². The lowest BCUT2D eigenvalue weighted by Gasteiger charge is -2.16. The van der Waals surface area contributed by atoms with E-state index in [0.29, 0.717) is 5.88 Å². The lowest BCUT2D eigenvalue weighted by atomic mass is 10.1. The predicted molar refractivity (Wildman–Crippen MR) is 232 cm³/mol. The van der Waals surface area contributed by atoms with Gasteiger partial charge in [-0.05, 0) is 45.0 Å². The second-order valence-electron chi connectivity index (χ2n) is 13.1. The van der Waals surface area contributed by atoms with Gasteiger partial charge in [0.15, 0.2) is 0 Å². The number of thiazole rings is 3. The van der Waals surface area contributed by atoms with Crippen LogP contribution >= 0.6 is 45.6 Å². The molecule has 8 aromatic heterocycles. The van der Waals surface area contributed by atoms with Gasteiger partial charge in [-0.2, -0.15) is 0 Å². The van der Waals surface area contributed by atoms with Crippen molar-refractivity contribution in [3.63, 3.8) is 0 Å². The zero-order valence-electron chi connectivity index (χ0n) is 32.6. The first-order valence-corrected chi connectivity index (χ1v) is 21.6. The second-order valence-corrected chi connectivity index (χ2v) is 16.0. The summed E-state index contributed by atoms with van der Waals surface area (Å²) in [5, 5.41) is 44.2. The van der Waals surface area contributed by atoms with Crippen molar-refractivity contribution in [3.05, 3.63) is 146 Å². The number of rotatable bonds is 12. The standard InChI is InChI=1S/C14H14N4OS.C13H12ClN5S.C13H13N5OS/c1-10-14(20-9-15-10)13(8-19)18-12(7-16-17-18)11-5-3-2-4-6-11;1-9-13(20-8-16-9)12(5-14)19-7-11(17-18-19)10-3-2-4-15-6-10;1-9-13(20-8-15-9)12(7-19)18-6-11(16-17-18)10-3-2-4-14-5-10/h2-7,9,13,19H,8H2,1H3;2-4,6-8,12H,5H2,1H3;2-6,8,12,19H,7H2,1H3. The first kappa shape index (κ1) is 42.2. The number of aliphatic hydroxyl groups excluding tert-OH is 2. The molecule has 0 spiro atoms. The van der Waals surface area contributed by atoms with E-state index >= 15 is 0 Å². The average Bonchev–Trinajstić information content (AvgIpc) is 4.16. The molecule has 2 N–H and O–H groups in total. The Morgan fingerprint density at radius 2 is 1.07 bits per heavy atom. The molecular weight excluding hydrogens is 840 g/mol. The molecule has 0 aliphatic heterocycles. The van der Waals surface area contributed by atoms with Crippen LogP contribution in [-0.2, 0) is 0 Å². The molecular formula is C40H39ClN14O2S3. The number of alkyl halides is 1. The maximum atomic E-state index is 9.76. The number of nitrogens with zero attached hydrogens (tertiary/aromatic N) is 14. The molecule has 8 heterocycles. The van der Waals surface area contributed by atoms with Crippen molar-refractivity contribution in [1.29, 1.82) is 0 Å². The Balaban J connectivity index is 0.000000136. The molecule has 0 amide bonds. The van der Waals surface area contributed by atoms with Crippen LogP contribution in [0.1, 0.15) is 49.8 Å². The number of aliphatic hydroxyl groups is 2. The summed E-state index contributed by atoms with van der Waals surface area (Å²) in [4.78, 5) is 24.0. The first-order chi connectivity index (χ1) is 29.4. The molecule has 0 bridgehead atoms. The molecule has 9 rings (SSSR count). The summed E-state index contributed by atoms with van der Waals surface area (Å²) in [6.45, 7) is 5.76. The minimum atomic E-state index is -0.250. The molecule has 1 aromatic carbocycles. The SMILES string of the molecule is Cc1ncsc1C(CCl)n1cc(-c2cccnc2)nn1.Cc1ncsc1C(CO)n1cc(-c2cccnc2)nn1.Cc1ncsc1C(CO)n1nncc1-c1ccccc1. The third-order valence-electron chi connectivity index (χ3n) is 9.26. The van der Waals surface area contributed by atoms with E-state index in [1.807, 2.05) is 93.3 Å². The lowest BCUT2D eigenvalue weighted by molar-refractivity contribution is 0.240. The molecule has 306 valence electrons. The maximum Gasteiger partial charge on any atom is 0.114 e. The van der Waals surface area contributed by atoms with Gasteiger partial charge >= 0.3 is 0 Å². The Kier molecular flexibility index (Phi) is 14.3. The number of pyridine rings is 2. The highest BCUT2D eigenvalue weighted by molar-refractivity contribution is 7.10. The normalized spacial score (nSPS) is 12.5. The van der Waals surface area contributed by atoms with E-state index in [0.717, 1.165) is 65.5 Å². The predicted octanol–water partition coefficient (Wildman–Crippen LogP) is 6.91. The minimum Gasteiger partial charge on any atom is -0.394 e. The van der Waals surface area contributed by atoms with Crippen LogP contribution in [0.3, 0.4) is 0 Å². The molecule has 0 saturated carbocycles. The van der Waals surface area contributed by atoms with Gasteiger partial charge in [0.2, 0.25) is 0 Å². The van der Waals surface area contributed by atoms with E-state index in [9.17, 15) is 10.2 Å². The largest absolute Gasteiger partial charge is 0.394 e. The smallest absolute Gasteiger partial charge is 0.114 e. The molecule has 0 fully saturated rings. The average molecular weight is 880 g/mol. The molecule has 16 nitrogen and oxygen atoms in total. The van der Waals surface area contributed by atoms with Gasteiger partial charge in [-0.15, -0.1) is 60.9 Å². The van der Waals surface area contributed by atoms with E-state index in [4.69, 9.17) is 11.6 Å². The van der Waals surface area contributed by atoms with E-state index in [1.54, 1.807) is 67.4 Å². The van der Waals surface area contributed by atoms with E-state index in [-0.39, 0.29) is 31.3 Å². The summed E-state index contributed by atoms with van der Waals surface area (Å²) in [5.74, 6) is 0.429. The van der Waals surface area contributed by atoms with Gasteiger partial charge in [0.1, 0.15) is 29.5 Å². The van der Waals surface area contributed by atoms with Crippen LogP contribution in [0.4, 0.5) is 0 Å². The van der Waals surface area contributed by atoms with Crippen molar-refractivity contribution in [3.8, 4) is 33.8 Å². The molecule has 9 aromatic rings. The van der Waals surface area contributed by atoms with E-state index in [1.165, 1.54) is 22.7 Å². The Hall–Kier alpha value is -5.96. The number of halogens is 1. The fraction of sp³-hybridized carbons (Fsp3) is 0.225. The van der Waals surface area contributed by atoms with Gasteiger partial charge in [-0.1, -0.05) is 46.0 Å². The Bertz CT molecular complexity index is 2540. The molecule has 3 atom stereocenters. The van der Waals surface area contributed by atoms with Gasteiger partial charge < -0.3 is 10.2 Å². The van der Waals surface area contributed by atoms with Gasteiger partial charge in [0, 0.05) is 47.4 Å². The van der Waals surface area contributed by atoms with E-state index < -0.39 is 0 Å². The first-order valence-electron chi connectivity index (χ1n) is 18.5. The quantitative estimate of drug-likeness (QED) is 0.120. The summed E-state index contributed by atoms with van der Waals surface area (Å²) in [5.41, 5.74) is 13.5. The highest BCUT2D eigenvalue weighted by Gasteiger charge is 2.23. The number of aromatic nitrogens is 14. The van der Waals surface area contributed by atoms with Crippen molar-refractivity contribution in [2.45, 2.75) is 38.9 Å². The molecule has 20 heteroatoms. The van der Waals surface area contributed by atoms with Crippen molar-refractivity contribution >= 4 is 45.6 Å². The zero-order chi connectivity index (χ0) is 41.8. The third-order valence-corrected chi connectivity index (χ3v) is 12.7. The van der Waals surface area contributed by atoms with Crippen molar-refractivity contribution in [2.75, 3.05) is 19.1 Å². The lowest BCUT2D eigenvalue weighted by Crippen LogP contribution is -2.17. The Labute approximate surface area is 361 Å². The molecule has 3 unspecified atom stereocenters. The zero-order valence-corrected chi connectivity index (χ0v) is 35.8. The Morgan fingerprint density at radius 1 is 0.583 bits per heavy atom. The molecule has 0 aliphatic carbocycles. The van der Waals surface area contributed by atoms with E-state index in [2.05, 4.69) is 55.9 Å². The van der Waals surface area contributed by atoms with Crippen LogP contribution in [0, 0.1) is 20.8 Å². The Morgan fingerprint density at radius 3 is 1.52 bits per heavy atom. The molecule has 0 radical (unpaired) electrons. The number of hydrogen-bond donors (Lipinski definition) is 2. The second kappa shape index (κ2) is 20.3. The van der Waals surface area contributed by atoms with Crippen LogP contribution < -0.4 is 0 Å². The highest BCUT2D eigenvalue weighted by atomic mass is 35.5. The summed E-state index contributed by atoms with van der Waals surface area (Å²) in [7, 11) is 0. The fourth-order valence-electron chi connectivity index (χ4n) is 6.15. The van der Waals surface area contributed by atoms with Gasteiger partial charge in [0.25, 0.3) is 0 Å². The molecule has 0 aliphatic rings. The third kappa shape index (κ3) is 9.73. The van der Waals surface area contributed by atoms with Crippen molar-refractivity contribution < 1.29 is 10.2 Å². The van der Waals surface area contributed by atoms with Crippen LogP contribution in [0.2, 0.25) is 0 Å². The van der Waals surface area contributed by atoms with Crippen molar-refractivity contribution in [2.24, 2.45) is 0 Å². The fourth-order valence-corrected chi connectivity index (χ4v) is 9.20. The highest BCUT2D eigenvalue weighted by Crippen LogP contribution is 2.30. The number of benzene rings is 1. The summed E-state index contributed by atoms with van der Waals surface area (Å²) in [6.07, 6.45) is 12.4. The summed E-state index contributed by atoms with van der Waals surface area (Å²) in [6, 6.07) is 17.0. The van der Waals surface area contributed by atoms with Crippen LogP contribution in [0.15, 0.2) is 115 Å². The van der Waals surface area contributed by atoms with Crippen LogP contribution in [0.25, 0.3) is 33.8 Å². The van der Waals surface area contributed by atoms with Gasteiger partial charge in [-0.3, -0.25) is 9.97 Å². The molecule has 60 heavy (non-hydrogen) atoms. The number of aryl methyl sites for hydroxylation is 3. The summed E-state index contributed by atoms with van der Waals surface area (Å²) >= 11 is 10.7. The maximum absolute atomic E-state index is 9.76. The molecule has 0 saturated heterocycles. The van der Waals surface area contributed by atoms with Gasteiger partial charge in [0.05, 0.1) is 85.7 Å². The topological polar surface area (TPSA) is 197 Å². The number of hydrogen-bond acceptors (Lipinski definition) is 16. The summed E-state index contributed by atoms with van der Waals surface area (Å²) < 4.78 is 5.22. The van der Waals surface area contributed by atoms with Crippen molar-refractivity contribution in [1.82, 2.24) is 69.9 Å². The van der Waals surface area contributed by atoms with Crippen LogP contribution in [-0.4, -0.2) is 99.2 Å².